The molecular weight excluding hydrogens is 304 g/mol. The molecule has 1 aromatic rings. The van der Waals surface area contributed by atoms with Crippen LogP contribution in [0, 0.1) is 0 Å². The van der Waals surface area contributed by atoms with Crippen molar-refractivity contribution < 1.29 is 14.2 Å². The van der Waals surface area contributed by atoms with Crippen LogP contribution in [0.25, 0.3) is 0 Å². The Labute approximate surface area is 139 Å². The Bertz CT molecular complexity index is 438. The summed E-state index contributed by atoms with van der Waals surface area (Å²) in [4.78, 5) is 2.47. The van der Waals surface area contributed by atoms with Gasteiger partial charge in [-0.3, -0.25) is 4.90 Å². The first kappa shape index (κ1) is 18.9. The van der Waals surface area contributed by atoms with Crippen LogP contribution in [0.2, 0.25) is 0 Å². The molecule has 1 heterocycles. The van der Waals surface area contributed by atoms with Crippen LogP contribution in [0.4, 0.5) is 0 Å². The van der Waals surface area contributed by atoms with Gasteiger partial charge < -0.3 is 19.5 Å². The maximum atomic E-state index is 5.41. The molecule has 0 atom stereocenters. The standard InChI is InChI=1S/C16H26N2O3.ClH/c1-17-13-5-7-18(8-6-13)11-12-9-14(19-2)16(21-4)15(10-12)20-3;/h9-10,13,17H,5-8,11H2,1-4H3;1H. The highest BCUT2D eigenvalue weighted by atomic mass is 35.5. The van der Waals surface area contributed by atoms with E-state index in [0.717, 1.165) is 31.1 Å². The van der Waals surface area contributed by atoms with Gasteiger partial charge in [-0.1, -0.05) is 0 Å². The van der Waals surface area contributed by atoms with E-state index in [1.165, 1.54) is 18.4 Å². The Morgan fingerprint density at radius 2 is 1.59 bits per heavy atom. The van der Waals surface area contributed by atoms with Crippen LogP contribution in [0.3, 0.4) is 0 Å². The average molecular weight is 331 g/mol. The number of piperidine rings is 1. The van der Waals surface area contributed by atoms with Crippen molar-refractivity contribution >= 4 is 12.4 Å². The van der Waals surface area contributed by atoms with Gasteiger partial charge in [0.15, 0.2) is 11.5 Å². The van der Waals surface area contributed by atoms with Gasteiger partial charge >= 0.3 is 0 Å². The molecule has 1 saturated heterocycles. The third kappa shape index (κ3) is 4.41. The molecule has 1 aliphatic heterocycles. The van der Waals surface area contributed by atoms with Gasteiger partial charge in [-0.15, -0.1) is 12.4 Å². The molecule has 1 fully saturated rings. The fourth-order valence-corrected chi connectivity index (χ4v) is 2.86. The van der Waals surface area contributed by atoms with Crippen LogP contribution in [0.5, 0.6) is 17.2 Å². The zero-order chi connectivity index (χ0) is 15.2. The van der Waals surface area contributed by atoms with E-state index in [-0.39, 0.29) is 12.4 Å². The summed E-state index contributed by atoms with van der Waals surface area (Å²) in [6, 6.07) is 4.72. The average Bonchev–Trinajstić information content (AvgIpc) is 2.54. The molecule has 0 amide bonds. The van der Waals surface area contributed by atoms with Gasteiger partial charge in [0.1, 0.15) is 0 Å². The van der Waals surface area contributed by atoms with Crippen LogP contribution < -0.4 is 19.5 Å². The van der Waals surface area contributed by atoms with E-state index in [9.17, 15) is 0 Å². The summed E-state index contributed by atoms with van der Waals surface area (Å²) in [5, 5.41) is 3.36. The Morgan fingerprint density at radius 1 is 1.05 bits per heavy atom. The smallest absolute Gasteiger partial charge is 0.203 e. The van der Waals surface area contributed by atoms with Gasteiger partial charge in [0, 0.05) is 12.6 Å². The monoisotopic (exact) mass is 330 g/mol. The van der Waals surface area contributed by atoms with Crippen LogP contribution in [-0.4, -0.2) is 52.4 Å². The van der Waals surface area contributed by atoms with Gasteiger partial charge in [0.05, 0.1) is 21.3 Å². The summed E-state index contributed by atoms with van der Waals surface area (Å²) in [5.74, 6) is 2.09. The number of hydrogen-bond acceptors (Lipinski definition) is 5. The summed E-state index contributed by atoms with van der Waals surface area (Å²) in [7, 11) is 6.97. The molecule has 2 rings (SSSR count). The van der Waals surface area contributed by atoms with Crippen LogP contribution in [0.1, 0.15) is 18.4 Å². The van der Waals surface area contributed by atoms with Crippen molar-refractivity contribution in [1.82, 2.24) is 10.2 Å². The number of nitrogens with zero attached hydrogens (tertiary/aromatic N) is 1. The quantitative estimate of drug-likeness (QED) is 0.867. The van der Waals surface area contributed by atoms with E-state index in [2.05, 4.69) is 10.2 Å². The molecule has 22 heavy (non-hydrogen) atoms. The third-order valence-electron chi connectivity index (χ3n) is 4.13. The minimum absolute atomic E-state index is 0. The van der Waals surface area contributed by atoms with E-state index in [0.29, 0.717) is 11.8 Å². The van der Waals surface area contributed by atoms with Crippen molar-refractivity contribution in [2.24, 2.45) is 0 Å². The molecule has 5 nitrogen and oxygen atoms in total. The maximum absolute atomic E-state index is 5.41. The minimum atomic E-state index is 0. The number of ether oxygens (including phenoxy) is 3. The minimum Gasteiger partial charge on any atom is -0.493 e. The van der Waals surface area contributed by atoms with Crippen molar-refractivity contribution in [2.45, 2.75) is 25.4 Å². The van der Waals surface area contributed by atoms with Crippen molar-refractivity contribution in [3.8, 4) is 17.2 Å². The molecule has 0 spiro atoms. The lowest BCUT2D eigenvalue weighted by Gasteiger charge is -2.31. The molecule has 1 aliphatic rings. The van der Waals surface area contributed by atoms with Crippen molar-refractivity contribution in [2.75, 3.05) is 41.5 Å². The van der Waals surface area contributed by atoms with Gasteiger partial charge in [0.2, 0.25) is 5.75 Å². The second kappa shape index (κ2) is 9.08. The van der Waals surface area contributed by atoms with Gasteiger partial charge in [-0.25, -0.2) is 0 Å². The molecule has 0 saturated carbocycles. The zero-order valence-corrected chi connectivity index (χ0v) is 14.7. The van der Waals surface area contributed by atoms with E-state index >= 15 is 0 Å². The molecule has 0 unspecified atom stereocenters. The molecule has 0 radical (unpaired) electrons. The number of hydrogen-bond donors (Lipinski definition) is 1. The first-order chi connectivity index (χ1) is 10.2. The summed E-state index contributed by atoms with van der Waals surface area (Å²) in [5.41, 5.74) is 1.19. The Hall–Kier alpha value is -1.17. The maximum Gasteiger partial charge on any atom is 0.203 e. The molecule has 126 valence electrons. The number of benzene rings is 1. The number of likely N-dealkylation sites (tertiary alicyclic amines) is 1. The van der Waals surface area contributed by atoms with Gasteiger partial charge in [-0.2, -0.15) is 0 Å². The topological polar surface area (TPSA) is 43.0 Å². The van der Waals surface area contributed by atoms with E-state index < -0.39 is 0 Å². The highest BCUT2D eigenvalue weighted by Gasteiger charge is 2.19. The molecular formula is C16H27ClN2O3. The van der Waals surface area contributed by atoms with Gasteiger partial charge in [-0.05, 0) is 50.7 Å². The number of methoxy groups -OCH3 is 3. The van der Waals surface area contributed by atoms with Crippen molar-refractivity contribution in [3.63, 3.8) is 0 Å². The zero-order valence-electron chi connectivity index (χ0n) is 13.8. The first-order valence-electron chi connectivity index (χ1n) is 7.40. The lowest BCUT2D eigenvalue weighted by atomic mass is 10.0. The first-order valence-corrected chi connectivity index (χ1v) is 7.40. The molecule has 1 aromatic carbocycles. The number of halogens is 1. The number of nitrogens with one attached hydrogen (secondary N) is 1. The summed E-state index contributed by atoms with van der Waals surface area (Å²) < 4.78 is 16.2. The fraction of sp³-hybridized carbons (Fsp3) is 0.625. The van der Waals surface area contributed by atoms with Crippen LogP contribution in [0.15, 0.2) is 12.1 Å². The van der Waals surface area contributed by atoms with Crippen LogP contribution >= 0.6 is 12.4 Å². The van der Waals surface area contributed by atoms with E-state index in [1.807, 2.05) is 19.2 Å². The molecule has 1 N–H and O–H groups in total. The molecule has 6 heteroatoms. The Morgan fingerprint density at radius 3 is 2.00 bits per heavy atom. The summed E-state index contributed by atoms with van der Waals surface area (Å²) in [6.45, 7) is 3.14. The van der Waals surface area contributed by atoms with Crippen molar-refractivity contribution in [3.05, 3.63) is 17.7 Å². The second-order valence-electron chi connectivity index (χ2n) is 5.37. The van der Waals surface area contributed by atoms with Crippen LogP contribution in [-0.2, 0) is 6.54 Å². The third-order valence-corrected chi connectivity index (χ3v) is 4.13. The SMILES string of the molecule is CNC1CCN(Cc2cc(OC)c(OC)c(OC)c2)CC1.Cl. The molecule has 0 aromatic heterocycles. The fourth-order valence-electron chi connectivity index (χ4n) is 2.86. The number of rotatable bonds is 6. The molecule has 0 bridgehead atoms. The van der Waals surface area contributed by atoms with Gasteiger partial charge in [0.25, 0.3) is 0 Å². The molecule has 0 aliphatic carbocycles. The highest BCUT2D eigenvalue weighted by Crippen LogP contribution is 2.38. The second-order valence-corrected chi connectivity index (χ2v) is 5.37. The Balaban J connectivity index is 0.00000242. The highest BCUT2D eigenvalue weighted by molar-refractivity contribution is 5.85. The van der Waals surface area contributed by atoms with E-state index in [1.54, 1.807) is 21.3 Å². The van der Waals surface area contributed by atoms with E-state index in [4.69, 9.17) is 14.2 Å². The Kier molecular flexibility index (Phi) is 7.79. The van der Waals surface area contributed by atoms with Crippen molar-refractivity contribution in [1.29, 1.82) is 0 Å². The summed E-state index contributed by atoms with van der Waals surface area (Å²) in [6.07, 6.45) is 2.39. The lowest BCUT2D eigenvalue weighted by Crippen LogP contribution is -2.40. The lowest BCUT2D eigenvalue weighted by molar-refractivity contribution is 0.194. The largest absolute Gasteiger partial charge is 0.493 e. The predicted molar refractivity (Wildman–Crippen MR) is 90.7 cm³/mol. The summed E-state index contributed by atoms with van der Waals surface area (Å²) >= 11 is 0. The normalized spacial score (nSPS) is 16.0. The predicted octanol–water partition coefficient (Wildman–Crippen LogP) is 2.32.